The van der Waals surface area contributed by atoms with Crippen LogP contribution in [0.2, 0.25) is 0 Å². The van der Waals surface area contributed by atoms with E-state index in [-0.39, 0.29) is 5.91 Å². The van der Waals surface area contributed by atoms with Gasteiger partial charge in [-0.2, -0.15) is 5.10 Å². The zero-order valence-corrected chi connectivity index (χ0v) is 17.2. The van der Waals surface area contributed by atoms with Gasteiger partial charge in [-0.05, 0) is 67.1 Å². The third-order valence-corrected chi connectivity index (χ3v) is 4.21. The number of carbonyl (C=O) groups excluding carboxylic acids is 2. The third kappa shape index (κ3) is 5.93. The molecule has 0 aliphatic heterocycles. The Labute approximate surface area is 180 Å². The van der Waals surface area contributed by atoms with Crippen molar-refractivity contribution >= 4 is 18.1 Å². The molecule has 7 nitrogen and oxygen atoms in total. The van der Waals surface area contributed by atoms with Crippen molar-refractivity contribution in [1.82, 2.24) is 5.43 Å². The summed E-state index contributed by atoms with van der Waals surface area (Å²) in [7, 11) is 1.56. The summed E-state index contributed by atoms with van der Waals surface area (Å²) in [5.41, 5.74) is 4.03. The molecule has 0 radical (unpaired) electrons. The van der Waals surface area contributed by atoms with E-state index in [0.717, 1.165) is 0 Å². The molecule has 0 bridgehead atoms. The fraction of sp³-hybridized carbons (Fsp3) is 0.125. The van der Waals surface area contributed by atoms with E-state index >= 15 is 0 Å². The Bertz CT molecular complexity index is 1060. The monoisotopic (exact) mass is 418 g/mol. The minimum Gasteiger partial charge on any atom is -0.497 e. The highest BCUT2D eigenvalue weighted by Crippen LogP contribution is 2.29. The second-order valence-electron chi connectivity index (χ2n) is 6.32. The van der Waals surface area contributed by atoms with Gasteiger partial charge in [-0.25, -0.2) is 10.2 Å². The standard InChI is InChI=1S/C24H22N2O5/c1-3-30-22-15-17(9-14-21(22)31-24(28)19-7-5-4-6-8-19)16-25-26-23(27)18-10-12-20(29-2)13-11-18/h4-16H,3H2,1-2H3,(H,26,27)/b25-16+. The molecular formula is C24H22N2O5. The van der Waals surface area contributed by atoms with Gasteiger partial charge in [0.1, 0.15) is 5.75 Å². The van der Waals surface area contributed by atoms with Gasteiger partial charge in [0.2, 0.25) is 0 Å². The number of rotatable bonds is 8. The van der Waals surface area contributed by atoms with E-state index in [0.29, 0.717) is 40.5 Å². The number of ether oxygens (including phenoxy) is 3. The molecule has 0 aliphatic rings. The number of methoxy groups -OCH3 is 1. The average molecular weight is 418 g/mol. The molecule has 0 spiro atoms. The topological polar surface area (TPSA) is 86.2 Å². The second-order valence-corrected chi connectivity index (χ2v) is 6.32. The lowest BCUT2D eigenvalue weighted by atomic mass is 10.2. The summed E-state index contributed by atoms with van der Waals surface area (Å²) in [5.74, 6) is 0.538. The van der Waals surface area contributed by atoms with Crippen LogP contribution in [0.1, 0.15) is 33.2 Å². The van der Waals surface area contributed by atoms with E-state index < -0.39 is 5.97 Å². The Morgan fingerprint density at radius 2 is 1.68 bits per heavy atom. The Kier molecular flexibility index (Phi) is 7.37. The first-order chi connectivity index (χ1) is 15.1. The molecule has 0 fully saturated rings. The molecule has 3 aromatic rings. The summed E-state index contributed by atoms with van der Waals surface area (Å²) in [4.78, 5) is 24.5. The van der Waals surface area contributed by atoms with Crippen LogP contribution < -0.4 is 19.6 Å². The zero-order valence-electron chi connectivity index (χ0n) is 17.2. The van der Waals surface area contributed by atoms with E-state index in [1.165, 1.54) is 6.21 Å². The number of hydrazone groups is 1. The van der Waals surface area contributed by atoms with Crippen molar-refractivity contribution in [3.8, 4) is 17.2 Å². The summed E-state index contributed by atoms with van der Waals surface area (Å²) in [6.07, 6.45) is 1.48. The zero-order chi connectivity index (χ0) is 22.1. The van der Waals surface area contributed by atoms with Gasteiger partial charge in [0, 0.05) is 5.56 Å². The normalized spacial score (nSPS) is 10.5. The van der Waals surface area contributed by atoms with Crippen LogP contribution in [0.5, 0.6) is 17.2 Å². The largest absolute Gasteiger partial charge is 0.497 e. The lowest BCUT2D eigenvalue weighted by Gasteiger charge is -2.11. The number of nitrogens with zero attached hydrogens (tertiary/aromatic N) is 1. The van der Waals surface area contributed by atoms with Crippen LogP contribution in [0, 0.1) is 0 Å². The molecule has 0 saturated heterocycles. The summed E-state index contributed by atoms with van der Waals surface area (Å²) in [6, 6.07) is 20.4. The van der Waals surface area contributed by atoms with Gasteiger partial charge < -0.3 is 14.2 Å². The highest BCUT2D eigenvalue weighted by atomic mass is 16.6. The molecule has 3 rings (SSSR count). The maximum atomic E-state index is 12.3. The third-order valence-electron chi connectivity index (χ3n) is 4.21. The maximum absolute atomic E-state index is 12.3. The van der Waals surface area contributed by atoms with Crippen molar-refractivity contribution in [1.29, 1.82) is 0 Å². The van der Waals surface area contributed by atoms with E-state index in [2.05, 4.69) is 10.5 Å². The maximum Gasteiger partial charge on any atom is 0.343 e. The van der Waals surface area contributed by atoms with Gasteiger partial charge in [0.05, 0.1) is 25.5 Å². The molecule has 3 aromatic carbocycles. The quantitative estimate of drug-likeness (QED) is 0.258. The number of carbonyl (C=O) groups is 2. The SMILES string of the molecule is CCOc1cc(/C=N/NC(=O)c2ccc(OC)cc2)ccc1OC(=O)c1ccccc1. The van der Waals surface area contributed by atoms with Gasteiger partial charge in [-0.3, -0.25) is 4.79 Å². The van der Waals surface area contributed by atoms with Crippen molar-refractivity contribution in [2.24, 2.45) is 5.10 Å². The number of hydrogen-bond donors (Lipinski definition) is 1. The molecule has 0 aromatic heterocycles. The molecule has 7 heteroatoms. The van der Waals surface area contributed by atoms with E-state index in [9.17, 15) is 9.59 Å². The molecule has 0 unspecified atom stereocenters. The molecular weight excluding hydrogens is 396 g/mol. The van der Waals surface area contributed by atoms with Gasteiger partial charge in [-0.1, -0.05) is 18.2 Å². The van der Waals surface area contributed by atoms with Crippen LogP contribution in [0.25, 0.3) is 0 Å². The Morgan fingerprint density at radius 3 is 2.35 bits per heavy atom. The predicted molar refractivity (Wildman–Crippen MR) is 117 cm³/mol. The summed E-state index contributed by atoms with van der Waals surface area (Å²) < 4.78 is 16.1. The van der Waals surface area contributed by atoms with Crippen LogP contribution >= 0.6 is 0 Å². The highest BCUT2D eigenvalue weighted by Gasteiger charge is 2.13. The van der Waals surface area contributed by atoms with Gasteiger partial charge in [-0.15, -0.1) is 0 Å². The van der Waals surface area contributed by atoms with Gasteiger partial charge >= 0.3 is 5.97 Å². The first kappa shape index (κ1) is 21.6. The van der Waals surface area contributed by atoms with E-state index in [4.69, 9.17) is 14.2 Å². The lowest BCUT2D eigenvalue weighted by Crippen LogP contribution is -2.17. The molecule has 1 amide bonds. The summed E-state index contributed by atoms with van der Waals surface area (Å²) >= 11 is 0. The molecule has 0 heterocycles. The number of nitrogens with one attached hydrogen (secondary N) is 1. The Balaban J connectivity index is 1.68. The number of amides is 1. The molecule has 0 atom stereocenters. The number of benzene rings is 3. The average Bonchev–Trinajstić information content (AvgIpc) is 2.81. The number of esters is 1. The van der Waals surface area contributed by atoms with Crippen molar-refractivity contribution in [3.63, 3.8) is 0 Å². The summed E-state index contributed by atoms with van der Waals surface area (Å²) in [5, 5.41) is 3.98. The van der Waals surface area contributed by atoms with E-state index in [1.54, 1.807) is 73.8 Å². The second kappa shape index (κ2) is 10.6. The van der Waals surface area contributed by atoms with Crippen LogP contribution in [-0.4, -0.2) is 31.8 Å². The van der Waals surface area contributed by atoms with Crippen molar-refractivity contribution in [3.05, 3.63) is 89.5 Å². The van der Waals surface area contributed by atoms with Gasteiger partial charge in [0.15, 0.2) is 11.5 Å². The molecule has 0 aliphatic carbocycles. The molecule has 158 valence electrons. The van der Waals surface area contributed by atoms with Crippen molar-refractivity contribution in [2.75, 3.05) is 13.7 Å². The van der Waals surface area contributed by atoms with Crippen molar-refractivity contribution in [2.45, 2.75) is 6.92 Å². The Hall–Kier alpha value is -4.13. The van der Waals surface area contributed by atoms with Crippen LogP contribution in [0.15, 0.2) is 77.9 Å². The first-order valence-electron chi connectivity index (χ1n) is 9.62. The molecule has 31 heavy (non-hydrogen) atoms. The summed E-state index contributed by atoms with van der Waals surface area (Å²) in [6.45, 7) is 2.23. The van der Waals surface area contributed by atoms with E-state index in [1.807, 2.05) is 13.0 Å². The highest BCUT2D eigenvalue weighted by molar-refractivity contribution is 5.95. The predicted octanol–water partition coefficient (Wildman–Crippen LogP) is 4.08. The smallest absolute Gasteiger partial charge is 0.343 e. The van der Waals surface area contributed by atoms with Crippen LogP contribution in [0.3, 0.4) is 0 Å². The van der Waals surface area contributed by atoms with Crippen LogP contribution in [-0.2, 0) is 0 Å². The lowest BCUT2D eigenvalue weighted by molar-refractivity contribution is 0.0728. The first-order valence-corrected chi connectivity index (χ1v) is 9.62. The fourth-order valence-electron chi connectivity index (χ4n) is 2.66. The van der Waals surface area contributed by atoms with Crippen LogP contribution in [0.4, 0.5) is 0 Å². The minimum atomic E-state index is -0.477. The minimum absolute atomic E-state index is 0.301. The number of hydrogen-bond acceptors (Lipinski definition) is 6. The molecule has 0 saturated carbocycles. The fourth-order valence-corrected chi connectivity index (χ4v) is 2.66. The van der Waals surface area contributed by atoms with Crippen molar-refractivity contribution < 1.29 is 23.8 Å². The molecule has 1 N–H and O–H groups in total. The Morgan fingerprint density at radius 1 is 0.935 bits per heavy atom. The van der Waals surface area contributed by atoms with Gasteiger partial charge in [0.25, 0.3) is 5.91 Å².